The van der Waals surface area contributed by atoms with E-state index in [2.05, 4.69) is 52.4 Å². The van der Waals surface area contributed by atoms with Gasteiger partial charge in [0.05, 0.1) is 5.69 Å². The van der Waals surface area contributed by atoms with Crippen LogP contribution in [0.3, 0.4) is 0 Å². The highest BCUT2D eigenvalue weighted by Gasteiger charge is 2.14. The zero-order valence-electron chi connectivity index (χ0n) is 16.1. The van der Waals surface area contributed by atoms with Crippen LogP contribution in [0, 0.1) is 0 Å². The number of aryl methyl sites for hydroxylation is 1. The van der Waals surface area contributed by atoms with Crippen molar-refractivity contribution in [2.24, 2.45) is 12.0 Å². The summed E-state index contributed by atoms with van der Waals surface area (Å²) in [5, 5.41) is 10.0. The summed E-state index contributed by atoms with van der Waals surface area (Å²) in [6, 6.07) is 0. The maximum Gasteiger partial charge on any atom is 0.193 e. The van der Waals surface area contributed by atoms with Crippen LogP contribution in [-0.2, 0) is 13.6 Å². The highest BCUT2D eigenvalue weighted by molar-refractivity contribution is 14.0. The summed E-state index contributed by atoms with van der Waals surface area (Å²) >= 11 is 3.50. The molecule has 146 valence electrons. The fourth-order valence-electron chi connectivity index (χ4n) is 2.59. The minimum absolute atomic E-state index is 0. The van der Waals surface area contributed by atoms with Gasteiger partial charge in [0.2, 0.25) is 0 Å². The number of thiazole rings is 1. The molecule has 2 aromatic rings. The molecule has 0 saturated carbocycles. The Labute approximate surface area is 181 Å². The summed E-state index contributed by atoms with van der Waals surface area (Å²) in [5.41, 5.74) is 2.41. The minimum Gasteiger partial charge on any atom is -0.356 e. The highest BCUT2D eigenvalue weighted by Crippen LogP contribution is 2.20. The van der Waals surface area contributed by atoms with E-state index in [0.29, 0.717) is 5.92 Å². The lowest BCUT2D eigenvalue weighted by atomic mass is 10.1. The van der Waals surface area contributed by atoms with Crippen LogP contribution in [0.4, 0.5) is 0 Å². The first kappa shape index (κ1) is 23.2. The van der Waals surface area contributed by atoms with Gasteiger partial charge in [-0.3, -0.25) is 9.67 Å². The Bertz CT molecular complexity index is 669. The fraction of sp³-hybridized carbons (Fsp3) is 0.588. The van der Waals surface area contributed by atoms with E-state index in [9.17, 15) is 0 Å². The van der Waals surface area contributed by atoms with Crippen molar-refractivity contribution in [1.82, 2.24) is 25.0 Å². The van der Waals surface area contributed by atoms with Crippen LogP contribution in [0.15, 0.2) is 27.1 Å². The number of rotatable bonds is 8. The molecule has 0 aromatic carbocycles. The normalized spacial score (nSPS) is 11.5. The van der Waals surface area contributed by atoms with Gasteiger partial charge in [-0.2, -0.15) is 5.10 Å². The number of aliphatic imine (C=N–C) groups is 1. The number of thioether (sulfide) groups is 1. The largest absolute Gasteiger partial charge is 0.356 e. The summed E-state index contributed by atoms with van der Waals surface area (Å²) in [7, 11) is 5.87. The number of hydrogen-bond acceptors (Lipinski definition) is 5. The molecule has 9 heteroatoms. The average Bonchev–Trinajstić information content (AvgIpc) is 3.20. The van der Waals surface area contributed by atoms with Gasteiger partial charge < -0.3 is 10.2 Å². The molecule has 0 spiro atoms. The third-order valence-electron chi connectivity index (χ3n) is 3.70. The van der Waals surface area contributed by atoms with Gasteiger partial charge in [-0.1, -0.05) is 25.6 Å². The zero-order chi connectivity index (χ0) is 18.2. The SMILES string of the molecule is CN=C(NCCCSc1nccs1)N(C)Cc1cn(C)nc1C(C)C.I. The Morgan fingerprint density at radius 1 is 1.46 bits per heavy atom. The Morgan fingerprint density at radius 2 is 2.23 bits per heavy atom. The standard InChI is InChI=1S/C17H28N6S2.HI/c1-13(2)15-14(12-23(5)21-15)11-22(4)16(18-3)19-7-6-9-24-17-20-8-10-25-17;/h8,10,12-13H,6-7,9,11H2,1-5H3,(H,18,19);1H. The Kier molecular flexibility index (Phi) is 10.6. The molecule has 0 radical (unpaired) electrons. The van der Waals surface area contributed by atoms with E-state index in [-0.39, 0.29) is 24.0 Å². The van der Waals surface area contributed by atoms with Crippen molar-refractivity contribution in [1.29, 1.82) is 0 Å². The molecular formula is C17H29IN6S2. The van der Waals surface area contributed by atoms with E-state index in [1.807, 2.05) is 42.1 Å². The van der Waals surface area contributed by atoms with Crippen LogP contribution < -0.4 is 5.32 Å². The summed E-state index contributed by atoms with van der Waals surface area (Å²) in [6.07, 6.45) is 5.02. The first-order chi connectivity index (χ1) is 12.0. The van der Waals surface area contributed by atoms with Gasteiger partial charge in [0.15, 0.2) is 5.96 Å². The molecule has 2 heterocycles. The van der Waals surface area contributed by atoms with Crippen molar-refractivity contribution < 1.29 is 0 Å². The highest BCUT2D eigenvalue weighted by atomic mass is 127. The molecule has 6 nitrogen and oxygen atoms in total. The maximum atomic E-state index is 4.58. The van der Waals surface area contributed by atoms with Crippen LogP contribution in [0.1, 0.15) is 37.4 Å². The monoisotopic (exact) mass is 508 g/mol. The summed E-state index contributed by atoms with van der Waals surface area (Å²) in [4.78, 5) is 10.8. The van der Waals surface area contributed by atoms with Crippen molar-refractivity contribution >= 4 is 53.0 Å². The first-order valence-corrected chi connectivity index (χ1v) is 10.3. The Hall–Kier alpha value is -0.810. The van der Waals surface area contributed by atoms with Gasteiger partial charge in [-0.05, 0) is 12.3 Å². The number of hydrogen-bond donors (Lipinski definition) is 1. The van der Waals surface area contributed by atoms with Crippen LogP contribution >= 0.6 is 47.1 Å². The van der Waals surface area contributed by atoms with Crippen molar-refractivity contribution in [3.05, 3.63) is 29.0 Å². The molecule has 0 saturated heterocycles. The lowest BCUT2D eigenvalue weighted by molar-refractivity contribution is 0.473. The van der Waals surface area contributed by atoms with Gasteiger partial charge in [0.1, 0.15) is 4.34 Å². The molecule has 0 fully saturated rings. The molecule has 0 aliphatic rings. The number of halogens is 1. The lowest BCUT2D eigenvalue weighted by Crippen LogP contribution is -2.39. The number of guanidine groups is 1. The first-order valence-electron chi connectivity index (χ1n) is 8.47. The van der Waals surface area contributed by atoms with Crippen LogP contribution in [0.5, 0.6) is 0 Å². The lowest BCUT2D eigenvalue weighted by Gasteiger charge is -2.22. The molecule has 0 aliphatic heterocycles. The van der Waals surface area contributed by atoms with Gasteiger partial charge in [0.25, 0.3) is 0 Å². The molecule has 0 atom stereocenters. The number of nitrogens with one attached hydrogen (secondary N) is 1. The molecule has 0 bridgehead atoms. The number of nitrogens with zero attached hydrogens (tertiary/aromatic N) is 5. The predicted molar refractivity (Wildman–Crippen MR) is 123 cm³/mol. The summed E-state index contributed by atoms with van der Waals surface area (Å²) < 4.78 is 3.03. The Morgan fingerprint density at radius 3 is 2.85 bits per heavy atom. The molecular weight excluding hydrogens is 479 g/mol. The van der Waals surface area contributed by atoms with Crippen LogP contribution in [0.2, 0.25) is 0 Å². The topological polar surface area (TPSA) is 58.3 Å². The van der Waals surface area contributed by atoms with Gasteiger partial charge in [-0.15, -0.1) is 35.3 Å². The Balaban J connectivity index is 0.00000338. The molecule has 0 aliphatic carbocycles. The summed E-state index contributed by atoms with van der Waals surface area (Å²) in [5.74, 6) is 2.39. The van der Waals surface area contributed by atoms with Crippen molar-refractivity contribution in [3.63, 3.8) is 0 Å². The molecule has 0 unspecified atom stereocenters. The minimum atomic E-state index is 0. The average molecular weight is 508 g/mol. The molecule has 2 rings (SSSR count). The van der Waals surface area contributed by atoms with E-state index >= 15 is 0 Å². The number of aromatic nitrogens is 3. The van der Waals surface area contributed by atoms with E-state index in [4.69, 9.17) is 0 Å². The van der Waals surface area contributed by atoms with E-state index in [1.54, 1.807) is 11.3 Å². The van der Waals surface area contributed by atoms with Crippen LogP contribution in [-0.4, -0.2) is 52.0 Å². The second kappa shape index (κ2) is 11.8. The van der Waals surface area contributed by atoms with E-state index in [1.165, 1.54) is 5.56 Å². The van der Waals surface area contributed by atoms with Crippen molar-refractivity contribution in [2.45, 2.75) is 37.1 Å². The van der Waals surface area contributed by atoms with Crippen LogP contribution in [0.25, 0.3) is 0 Å². The van der Waals surface area contributed by atoms with Crippen molar-refractivity contribution in [2.75, 3.05) is 26.4 Å². The molecule has 1 N–H and O–H groups in total. The second-order valence-corrected chi connectivity index (χ2v) is 8.43. The van der Waals surface area contributed by atoms with E-state index in [0.717, 1.165) is 41.3 Å². The van der Waals surface area contributed by atoms with Gasteiger partial charge >= 0.3 is 0 Å². The zero-order valence-corrected chi connectivity index (χ0v) is 20.1. The molecule has 0 amide bonds. The van der Waals surface area contributed by atoms with E-state index < -0.39 is 0 Å². The molecule has 2 aromatic heterocycles. The molecule has 26 heavy (non-hydrogen) atoms. The maximum absolute atomic E-state index is 4.58. The second-order valence-electron chi connectivity index (χ2n) is 6.20. The van der Waals surface area contributed by atoms with Crippen molar-refractivity contribution in [3.8, 4) is 0 Å². The summed E-state index contributed by atoms with van der Waals surface area (Å²) in [6.45, 7) is 6.06. The quantitative estimate of drug-likeness (QED) is 0.193. The predicted octanol–water partition coefficient (Wildman–Crippen LogP) is 3.81. The fourth-order valence-corrected chi connectivity index (χ4v) is 4.24. The van der Waals surface area contributed by atoms with Gasteiger partial charge in [-0.25, -0.2) is 4.98 Å². The third-order valence-corrected chi connectivity index (χ3v) is 5.76. The van der Waals surface area contributed by atoms with Gasteiger partial charge in [0, 0.05) is 63.3 Å². The smallest absolute Gasteiger partial charge is 0.193 e. The third kappa shape index (κ3) is 7.07.